The molecular weight excluding hydrogens is 444 g/mol. The summed E-state index contributed by atoms with van der Waals surface area (Å²) in [6.45, 7) is 3.08. The molecule has 0 N–H and O–H groups in total. The molecule has 2 heteroatoms. The molecule has 0 aliphatic heterocycles. The van der Waals surface area contributed by atoms with Crippen LogP contribution in [0.15, 0.2) is 102 Å². The number of ether oxygens (including phenoxy) is 1. The van der Waals surface area contributed by atoms with Gasteiger partial charge in [-0.15, -0.1) is 0 Å². The van der Waals surface area contributed by atoms with Gasteiger partial charge in [0.1, 0.15) is 5.60 Å². The van der Waals surface area contributed by atoms with Crippen LogP contribution in [0.4, 0.5) is 0 Å². The molecule has 0 spiro atoms. The van der Waals surface area contributed by atoms with Crippen LogP contribution in [0.1, 0.15) is 55.7 Å². The molecule has 0 unspecified atom stereocenters. The number of benzene rings is 3. The van der Waals surface area contributed by atoms with Crippen molar-refractivity contribution in [3.05, 3.63) is 118 Å². The number of hydrogen-bond acceptors (Lipinski definition) is 1. The second-order valence-corrected chi connectivity index (χ2v) is 9.59. The fourth-order valence-corrected chi connectivity index (χ4v) is 5.41. The van der Waals surface area contributed by atoms with E-state index >= 15 is 0 Å². The quantitative estimate of drug-likeness (QED) is 0.235. The van der Waals surface area contributed by atoms with E-state index in [-0.39, 0.29) is 5.41 Å². The maximum Gasteiger partial charge on any atom is 0.143 e. The van der Waals surface area contributed by atoms with Gasteiger partial charge in [0.15, 0.2) is 0 Å². The van der Waals surface area contributed by atoms with E-state index in [0.29, 0.717) is 6.61 Å². The third-order valence-corrected chi connectivity index (χ3v) is 7.85. The molecule has 0 saturated heterocycles. The minimum absolute atomic E-state index is 0.233. The molecule has 0 bridgehead atoms. The van der Waals surface area contributed by atoms with Gasteiger partial charge in [0.2, 0.25) is 0 Å². The molecule has 0 fully saturated rings. The Labute approximate surface area is 195 Å². The second-order valence-electron chi connectivity index (χ2n) is 8.74. The fourth-order valence-electron chi connectivity index (χ4n) is 4.79. The van der Waals surface area contributed by atoms with Crippen molar-refractivity contribution in [3.8, 4) is 0 Å². The summed E-state index contributed by atoms with van der Waals surface area (Å²) in [6.07, 6.45) is 8.20. The first-order valence-corrected chi connectivity index (χ1v) is 12.1. The van der Waals surface area contributed by atoms with E-state index in [1.54, 1.807) is 0 Å². The number of halogens is 1. The van der Waals surface area contributed by atoms with Crippen LogP contribution >= 0.6 is 15.9 Å². The van der Waals surface area contributed by atoms with Gasteiger partial charge < -0.3 is 4.74 Å². The number of rotatable bonds is 8. The second kappa shape index (κ2) is 9.97. The van der Waals surface area contributed by atoms with Crippen LogP contribution in [0.25, 0.3) is 0 Å². The third kappa shape index (κ3) is 4.71. The molecule has 3 aromatic rings. The Morgan fingerprint density at radius 2 is 1.29 bits per heavy atom. The van der Waals surface area contributed by atoms with Crippen LogP contribution < -0.4 is 0 Å². The van der Waals surface area contributed by atoms with Crippen LogP contribution in [0.2, 0.25) is 0 Å². The van der Waals surface area contributed by atoms with Gasteiger partial charge in [0.25, 0.3) is 0 Å². The first-order chi connectivity index (χ1) is 15.2. The van der Waals surface area contributed by atoms with Gasteiger partial charge in [-0.3, -0.25) is 0 Å². The van der Waals surface area contributed by atoms with Crippen LogP contribution in [0.5, 0.6) is 0 Å². The largest absolute Gasteiger partial charge is 0.361 e. The van der Waals surface area contributed by atoms with Gasteiger partial charge in [-0.1, -0.05) is 120 Å². The van der Waals surface area contributed by atoms with Crippen molar-refractivity contribution in [2.75, 3.05) is 6.61 Å². The normalized spacial score (nSPS) is 19.1. The molecule has 4 rings (SSSR count). The topological polar surface area (TPSA) is 9.23 Å². The zero-order valence-electron chi connectivity index (χ0n) is 18.3. The van der Waals surface area contributed by atoms with Gasteiger partial charge in [-0.2, -0.15) is 0 Å². The van der Waals surface area contributed by atoms with E-state index in [1.165, 1.54) is 23.7 Å². The lowest BCUT2D eigenvalue weighted by Gasteiger charge is -2.37. The highest BCUT2D eigenvalue weighted by molar-refractivity contribution is 9.11. The third-order valence-electron chi connectivity index (χ3n) is 6.57. The zero-order valence-corrected chi connectivity index (χ0v) is 19.9. The molecule has 0 radical (unpaired) electrons. The highest BCUT2D eigenvalue weighted by Crippen LogP contribution is 2.45. The van der Waals surface area contributed by atoms with Crippen LogP contribution in [-0.4, -0.2) is 6.61 Å². The van der Waals surface area contributed by atoms with Crippen LogP contribution in [-0.2, 0) is 10.3 Å². The molecule has 0 heterocycles. The van der Waals surface area contributed by atoms with Crippen molar-refractivity contribution in [1.82, 2.24) is 0 Å². The van der Waals surface area contributed by atoms with Gasteiger partial charge >= 0.3 is 0 Å². The monoisotopic (exact) mass is 474 g/mol. The SMILES string of the molecule is C[C@@]1(CCCOC(c2ccccc2)(c2ccccc2)c2ccccc2)CCCC=C1Br. The minimum atomic E-state index is -0.621. The van der Waals surface area contributed by atoms with Crippen molar-refractivity contribution >= 4 is 15.9 Å². The highest BCUT2D eigenvalue weighted by Gasteiger charge is 2.37. The summed E-state index contributed by atoms with van der Waals surface area (Å²) >= 11 is 3.83. The zero-order chi connectivity index (χ0) is 21.6. The Bertz CT molecular complexity index is 884. The molecule has 31 heavy (non-hydrogen) atoms. The van der Waals surface area contributed by atoms with Gasteiger partial charge in [0.05, 0.1) is 0 Å². The average Bonchev–Trinajstić information content (AvgIpc) is 2.83. The van der Waals surface area contributed by atoms with Crippen molar-refractivity contribution in [1.29, 1.82) is 0 Å². The van der Waals surface area contributed by atoms with E-state index in [1.807, 2.05) is 0 Å². The number of allylic oxidation sites excluding steroid dienone is 2. The molecule has 3 aromatic carbocycles. The molecule has 0 aromatic heterocycles. The highest BCUT2D eigenvalue weighted by atomic mass is 79.9. The van der Waals surface area contributed by atoms with E-state index in [0.717, 1.165) is 29.5 Å². The molecule has 1 aliphatic rings. The fraction of sp³-hybridized carbons (Fsp3) is 0.310. The van der Waals surface area contributed by atoms with Gasteiger partial charge in [-0.25, -0.2) is 0 Å². The maximum atomic E-state index is 6.92. The van der Waals surface area contributed by atoms with Gasteiger partial charge in [0, 0.05) is 6.61 Å². The standard InChI is InChI=1S/C29H31BrO/c1-28(21-12-11-20-27(28)30)22-13-23-31-29(24-14-5-2-6-15-24,25-16-7-3-8-17-25)26-18-9-4-10-19-26/h2-10,14-20H,11-13,21-23H2,1H3/t28-/m0/s1. The maximum absolute atomic E-state index is 6.92. The van der Waals surface area contributed by atoms with E-state index in [2.05, 4.69) is 120 Å². The molecule has 1 aliphatic carbocycles. The summed E-state index contributed by atoms with van der Waals surface area (Å²) in [7, 11) is 0. The Balaban J connectivity index is 1.66. The molecule has 0 saturated carbocycles. The lowest BCUT2D eigenvalue weighted by Crippen LogP contribution is -2.33. The molecule has 0 amide bonds. The Morgan fingerprint density at radius 3 is 1.74 bits per heavy atom. The van der Waals surface area contributed by atoms with Crippen molar-refractivity contribution in [2.45, 2.75) is 44.6 Å². The van der Waals surface area contributed by atoms with E-state index in [9.17, 15) is 0 Å². The molecule has 160 valence electrons. The Morgan fingerprint density at radius 1 is 0.806 bits per heavy atom. The van der Waals surface area contributed by atoms with E-state index in [4.69, 9.17) is 4.74 Å². The summed E-state index contributed by atoms with van der Waals surface area (Å²) in [4.78, 5) is 0. The Kier molecular flexibility index (Phi) is 7.09. The van der Waals surface area contributed by atoms with E-state index < -0.39 is 5.60 Å². The lowest BCUT2D eigenvalue weighted by atomic mass is 9.77. The summed E-state index contributed by atoms with van der Waals surface area (Å²) in [5.74, 6) is 0. The minimum Gasteiger partial charge on any atom is -0.361 e. The first kappa shape index (κ1) is 22.0. The van der Waals surface area contributed by atoms with Crippen LogP contribution in [0.3, 0.4) is 0 Å². The predicted molar refractivity (Wildman–Crippen MR) is 133 cm³/mol. The summed E-state index contributed by atoms with van der Waals surface area (Å²) in [6, 6.07) is 31.9. The predicted octanol–water partition coefficient (Wildman–Crippen LogP) is 8.24. The van der Waals surface area contributed by atoms with Crippen LogP contribution in [0, 0.1) is 5.41 Å². The summed E-state index contributed by atoms with van der Waals surface area (Å²) < 4.78 is 8.29. The van der Waals surface area contributed by atoms with Gasteiger partial charge in [-0.05, 0) is 58.7 Å². The molecular formula is C29H31BrO. The lowest BCUT2D eigenvalue weighted by molar-refractivity contribution is 0.00768. The number of hydrogen-bond donors (Lipinski definition) is 0. The molecule has 1 atom stereocenters. The smallest absolute Gasteiger partial charge is 0.143 e. The summed E-state index contributed by atoms with van der Waals surface area (Å²) in [5.41, 5.74) is 3.10. The summed E-state index contributed by atoms with van der Waals surface area (Å²) in [5, 5.41) is 0. The average molecular weight is 475 g/mol. The van der Waals surface area contributed by atoms with Crippen molar-refractivity contribution in [3.63, 3.8) is 0 Å². The Hall–Kier alpha value is -2.16. The first-order valence-electron chi connectivity index (χ1n) is 11.3. The molecule has 1 nitrogen and oxygen atoms in total. The van der Waals surface area contributed by atoms with Crippen molar-refractivity contribution in [2.24, 2.45) is 5.41 Å². The van der Waals surface area contributed by atoms with Crippen molar-refractivity contribution < 1.29 is 4.74 Å².